The van der Waals surface area contributed by atoms with Gasteiger partial charge >= 0.3 is 0 Å². The third-order valence-electron chi connectivity index (χ3n) is 5.21. The molecule has 2 aromatic rings. The van der Waals surface area contributed by atoms with Crippen molar-refractivity contribution >= 4 is 34.7 Å². The molecule has 4 rings (SSSR count). The van der Waals surface area contributed by atoms with E-state index in [4.69, 9.17) is 32.6 Å². The van der Waals surface area contributed by atoms with Gasteiger partial charge in [-0.05, 0) is 30.5 Å². The van der Waals surface area contributed by atoms with Gasteiger partial charge in [-0.3, -0.25) is 4.99 Å². The zero-order valence-corrected chi connectivity index (χ0v) is 15.0. The molecule has 0 saturated heterocycles. The largest absolute Gasteiger partial charge is 0.467 e. The minimum atomic E-state index is 0.0966. The molecule has 1 spiro atoms. The highest BCUT2D eigenvalue weighted by Crippen LogP contribution is 2.45. The van der Waals surface area contributed by atoms with E-state index in [2.05, 4.69) is 5.32 Å². The Bertz CT molecular complexity index is 775. The fraction of sp³-hybridized carbons (Fsp3) is 0.421. The van der Waals surface area contributed by atoms with Gasteiger partial charge in [0.25, 0.3) is 0 Å². The first-order chi connectivity index (χ1) is 11.7. The maximum absolute atomic E-state index is 6.12. The van der Waals surface area contributed by atoms with Crippen LogP contribution in [0, 0.1) is 5.41 Å². The lowest BCUT2D eigenvalue weighted by atomic mass is 9.69. The Hall–Kier alpha value is -1.45. The zero-order chi connectivity index (χ0) is 16.6. The second-order valence-electron chi connectivity index (χ2n) is 6.81. The molecule has 2 aliphatic rings. The van der Waals surface area contributed by atoms with E-state index in [9.17, 15) is 0 Å². The van der Waals surface area contributed by atoms with Crippen molar-refractivity contribution in [1.29, 1.82) is 0 Å². The number of fused-ring (bicyclic) bond motifs is 1. The first-order valence-electron chi connectivity index (χ1n) is 8.49. The Kier molecular flexibility index (Phi) is 4.31. The predicted molar refractivity (Wildman–Crippen MR) is 99.2 cm³/mol. The minimum Gasteiger partial charge on any atom is -0.467 e. The molecule has 1 aliphatic carbocycles. The van der Waals surface area contributed by atoms with Crippen molar-refractivity contribution in [1.82, 2.24) is 0 Å². The normalized spacial score (nSPS) is 20.8. The monoisotopic (exact) mass is 362 g/mol. The van der Waals surface area contributed by atoms with Crippen molar-refractivity contribution in [3.63, 3.8) is 0 Å². The van der Waals surface area contributed by atoms with Crippen molar-refractivity contribution in [3.05, 3.63) is 51.9 Å². The van der Waals surface area contributed by atoms with Gasteiger partial charge < -0.3 is 9.73 Å². The highest BCUT2D eigenvalue weighted by Gasteiger charge is 2.42. The van der Waals surface area contributed by atoms with Crippen LogP contribution in [-0.4, -0.2) is 5.84 Å². The Morgan fingerprint density at radius 1 is 1.08 bits per heavy atom. The van der Waals surface area contributed by atoms with Gasteiger partial charge in [-0.1, -0.05) is 48.5 Å². The van der Waals surface area contributed by atoms with Crippen molar-refractivity contribution < 1.29 is 4.42 Å². The summed E-state index contributed by atoms with van der Waals surface area (Å²) in [4.78, 5) is 4.94. The molecule has 126 valence electrons. The van der Waals surface area contributed by atoms with E-state index in [-0.39, 0.29) is 5.41 Å². The van der Waals surface area contributed by atoms with Crippen molar-refractivity contribution in [3.8, 4) is 0 Å². The molecule has 1 fully saturated rings. The SMILES string of the molecule is Clc1ccc(CN=C2Nc3ccoc3CC23CCCCC3)cc1Cl. The molecule has 0 bridgehead atoms. The lowest BCUT2D eigenvalue weighted by molar-refractivity contribution is 0.261. The van der Waals surface area contributed by atoms with Crippen LogP contribution in [0.2, 0.25) is 10.0 Å². The molecule has 1 saturated carbocycles. The summed E-state index contributed by atoms with van der Waals surface area (Å²) in [6.07, 6.45) is 8.86. The molecule has 0 amide bonds. The molecule has 5 heteroatoms. The summed E-state index contributed by atoms with van der Waals surface area (Å²) in [5.74, 6) is 2.16. The number of hydrogen-bond donors (Lipinski definition) is 1. The first kappa shape index (κ1) is 16.0. The molecule has 1 N–H and O–H groups in total. The highest BCUT2D eigenvalue weighted by molar-refractivity contribution is 6.42. The maximum Gasteiger partial charge on any atom is 0.128 e. The summed E-state index contributed by atoms with van der Waals surface area (Å²) in [5.41, 5.74) is 2.22. The maximum atomic E-state index is 6.12. The van der Waals surface area contributed by atoms with E-state index in [1.54, 1.807) is 6.26 Å². The number of amidine groups is 1. The molecule has 1 aliphatic heterocycles. The molecule has 3 nitrogen and oxygen atoms in total. The highest BCUT2D eigenvalue weighted by atomic mass is 35.5. The number of furan rings is 1. The topological polar surface area (TPSA) is 37.5 Å². The fourth-order valence-electron chi connectivity index (χ4n) is 3.90. The predicted octanol–water partition coefficient (Wildman–Crippen LogP) is 6.10. The Labute approximate surface area is 152 Å². The van der Waals surface area contributed by atoms with E-state index < -0.39 is 0 Å². The molecular formula is C19H20Cl2N2O. The number of nitrogens with one attached hydrogen (secondary N) is 1. The molecule has 0 atom stereocenters. The van der Waals surface area contributed by atoms with E-state index in [1.165, 1.54) is 32.1 Å². The van der Waals surface area contributed by atoms with E-state index in [0.29, 0.717) is 16.6 Å². The van der Waals surface area contributed by atoms with E-state index >= 15 is 0 Å². The second-order valence-corrected chi connectivity index (χ2v) is 7.63. The van der Waals surface area contributed by atoms with Gasteiger partial charge in [0, 0.05) is 17.9 Å². The fourth-order valence-corrected chi connectivity index (χ4v) is 4.22. The summed E-state index contributed by atoms with van der Waals surface area (Å²) in [7, 11) is 0. The molecule has 0 unspecified atom stereocenters. The Balaban J connectivity index is 1.64. The second kappa shape index (κ2) is 6.45. The smallest absolute Gasteiger partial charge is 0.128 e. The Morgan fingerprint density at radius 3 is 2.71 bits per heavy atom. The molecule has 0 radical (unpaired) electrons. The average molecular weight is 363 g/mol. The quantitative estimate of drug-likeness (QED) is 0.700. The summed E-state index contributed by atoms with van der Waals surface area (Å²) < 4.78 is 5.67. The molecule has 1 aromatic heterocycles. The summed E-state index contributed by atoms with van der Waals surface area (Å²) in [6, 6.07) is 7.70. The molecule has 1 aromatic carbocycles. The van der Waals surface area contributed by atoms with Gasteiger partial charge in [-0.15, -0.1) is 0 Å². The van der Waals surface area contributed by atoms with Crippen molar-refractivity contribution in [2.45, 2.75) is 45.1 Å². The number of rotatable bonds is 2. The van der Waals surface area contributed by atoms with Crippen LogP contribution in [0.25, 0.3) is 0 Å². The first-order valence-corrected chi connectivity index (χ1v) is 9.24. The van der Waals surface area contributed by atoms with E-state index in [0.717, 1.165) is 29.3 Å². The summed E-state index contributed by atoms with van der Waals surface area (Å²) in [5, 5.41) is 4.69. The number of hydrogen-bond acceptors (Lipinski definition) is 2. The van der Waals surface area contributed by atoms with E-state index in [1.807, 2.05) is 24.3 Å². The van der Waals surface area contributed by atoms with Gasteiger partial charge in [0.2, 0.25) is 0 Å². The number of benzene rings is 1. The van der Waals surface area contributed by atoms with Crippen LogP contribution >= 0.6 is 23.2 Å². The van der Waals surface area contributed by atoms with Gasteiger partial charge in [-0.25, -0.2) is 0 Å². The molecule has 24 heavy (non-hydrogen) atoms. The lowest BCUT2D eigenvalue weighted by Crippen LogP contribution is -2.43. The number of aliphatic imine (C=N–C) groups is 1. The van der Waals surface area contributed by atoms with Crippen LogP contribution in [0.15, 0.2) is 39.9 Å². The summed E-state index contributed by atoms with van der Waals surface area (Å²) >= 11 is 12.1. The van der Waals surface area contributed by atoms with Gasteiger partial charge in [-0.2, -0.15) is 0 Å². The van der Waals surface area contributed by atoms with Crippen molar-refractivity contribution in [2.75, 3.05) is 5.32 Å². The van der Waals surface area contributed by atoms with Crippen LogP contribution < -0.4 is 5.32 Å². The number of halogens is 2. The lowest BCUT2D eigenvalue weighted by Gasteiger charge is -2.41. The minimum absolute atomic E-state index is 0.0966. The van der Waals surface area contributed by atoms with Crippen LogP contribution in [0.3, 0.4) is 0 Å². The molecule has 2 heterocycles. The van der Waals surface area contributed by atoms with Gasteiger partial charge in [0.15, 0.2) is 0 Å². The number of nitrogens with zero attached hydrogens (tertiary/aromatic N) is 1. The van der Waals surface area contributed by atoms with Gasteiger partial charge in [0.05, 0.1) is 28.5 Å². The van der Waals surface area contributed by atoms with Crippen molar-refractivity contribution in [2.24, 2.45) is 10.4 Å². The molecular weight excluding hydrogens is 343 g/mol. The standard InChI is InChI=1S/C19H20Cl2N2O/c20-14-5-4-13(10-15(14)21)12-22-18-19(7-2-1-3-8-19)11-17-16(23-18)6-9-24-17/h4-6,9-10H,1-3,7-8,11-12H2,(H,22,23). The zero-order valence-electron chi connectivity index (χ0n) is 13.4. The van der Waals surface area contributed by atoms with Crippen LogP contribution in [0.1, 0.15) is 43.4 Å². The van der Waals surface area contributed by atoms with Crippen LogP contribution in [-0.2, 0) is 13.0 Å². The van der Waals surface area contributed by atoms with Crippen LogP contribution in [0.4, 0.5) is 5.69 Å². The van der Waals surface area contributed by atoms with Crippen LogP contribution in [0.5, 0.6) is 0 Å². The van der Waals surface area contributed by atoms with Gasteiger partial charge in [0.1, 0.15) is 11.6 Å². The average Bonchev–Trinajstić information content (AvgIpc) is 3.03. The third kappa shape index (κ3) is 2.96. The summed E-state index contributed by atoms with van der Waals surface area (Å²) in [6.45, 7) is 0.605. The number of anilines is 1. The third-order valence-corrected chi connectivity index (χ3v) is 5.95. The Morgan fingerprint density at radius 2 is 1.92 bits per heavy atom.